The molecule has 210 valence electrons. The van der Waals surface area contributed by atoms with E-state index < -0.39 is 7.82 Å². The van der Waals surface area contributed by atoms with Gasteiger partial charge in [0, 0.05) is 33.4 Å². The van der Waals surface area contributed by atoms with Crippen molar-refractivity contribution in [3.8, 4) is 67.9 Å². The number of ether oxygens (including phenoxy) is 4. The van der Waals surface area contributed by atoms with Gasteiger partial charge in [-0.3, -0.25) is 4.89 Å². The maximum atomic E-state index is 13.9. The van der Waals surface area contributed by atoms with Crippen molar-refractivity contribution in [3.63, 3.8) is 0 Å². The molecule has 0 aliphatic carbocycles. The number of hydrogen-bond donors (Lipinski definition) is 1. The van der Waals surface area contributed by atoms with Gasteiger partial charge in [-0.05, 0) is 45.8 Å². The Balaban J connectivity index is 1.47. The Hall–Kier alpha value is -5.17. The molecule has 3 heterocycles. The number of para-hydroxylation sites is 2. The molecule has 1 N–H and O–H groups in total. The third-order valence-corrected chi connectivity index (χ3v) is 8.87. The Morgan fingerprint density at radius 2 is 0.977 bits per heavy atom. The second-order valence-electron chi connectivity index (χ2n) is 10.4. The van der Waals surface area contributed by atoms with Gasteiger partial charge in [0.05, 0.1) is 0 Å². The van der Waals surface area contributed by atoms with Crippen LogP contribution in [0.15, 0.2) is 97.1 Å². The lowest BCUT2D eigenvalue weighted by Crippen LogP contribution is -2.00. The van der Waals surface area contributed by atoms with E-state index in [1.165, 1.54) is 0 Å². The first-order valence-corrected chi connectivity index (χ1v) is 15.2. The van der Waals surface area contributed by atoms with E-state index in [0.29, 0.717) is 56.4 Å². The van der Waals surface area contributed by atoms with E-state index in [9.17, 15) is 9.46 Å². The Kier molecular flexibility index (Phi) is 5.06. The minimum atomic E-state index is -4.73. The van der Waals surface area contributed by atoms with Gasteiger partial charge in [0.15, 0.2) is 23.0 Å². The summed E-state index contributed by atoms with van der Waals surface area (Å²) < 4.78 is 49.0. The van der Waals surface area contributed by atoms with Crippen LogP contribution in [0, 0.1) is 0 Å². The van der Waals surface area contributed by atoms with Crippen LogP contribution >= 0.6 is 7.82 Å². The molecule has 0 saturated carbocycles. The maximum Gasteiger partial charge on any atom is 0.584 e. The largest absolute Gasteiger partial charge is 0.584 e. The lowest BCUT2D eigenvalue weighted by Gasteiger charge is -2.19. The van der Waals surface area contributed by atoms with Crippen LogP contribution in [0.5, 0.6) is 34.5 Å². The van der Waals surface area contributed by atoms with Gasteiger partial charge in [-0.15, -0.1) is 0 Å². The molecule has 0 amide bonds. The smallest absolute Gasteiger partial charge is 0.454 e. The number of phosphoric acid groups is 1. The summed E-state index contributed by atoms with van der Waals surface area (Å²) in [6.45, 7) is 0.156. The molecule has 9 rings (SSSR count). The molecule has 6 aromatic carbocycles. The zero-order valence-corrected chi connectivity index (χ0v) is 23.3. The van der Waals surface area contributed by atoms with Crippen molar-refractivity contribution in [2.24, 2.45) is 0 Å². The Labute approximate surface area is 245 Å². The van der Waals surface area contributed by atoms with E-state index in [-0.39, 0.29) is 25.1 Å². The lowest BCUT2D eigenvalue weighted by molar-refractivity contribution is 0.174. The molecule has 0 atom stereocenters. The molecular weight excluding hydrogens is 567 g/mol. The molecule has 0 unspecified atom stereocenters. The molecule has 0 saturated heterocycles. The molecule has 0 radical (unpaired) electrons. The van der Waals surface area contributed by atoms with Crippen molar-refractivity contribution < 1.29 is 37.5 Å². The molecule has 8 nitrogen and oxygen atoms in total. The molecule has 43 heavy (non-hydrogen) atoms. The van der Waals surface area contributed by atoms with Crippen LogP contribution in [0.2, 0.25) is 0 Å². The first-order valence-electron chi connectivity index (χ1n) is 13.7. The third kappa shape index (κ3) is 3.64. The maximum absolute atomic E-state index is 13.9. The highest BCUT2D eigenvalue weighted by atomic mass is 31.2. The molecule has 6 aromatic rings. The van der Waals surface area contributed by atoms with Gasteiger partial charge in [0.1, 0.15) is 11.5 Å². The predicted molar refractivity (Wildman–Crippen MR) is 161 cm³/mol. The van der Waals surface area contributed by atoms with Crippen LogP contribution in [0.4, 0.5) is 0 Å². The fourth-order valence-electron chi connectivity index (χ4n) is 6.28. The standard InChI is InChI=1S/C34H21O8P/c35-43(36)41-33-25(23-11-5-13-27-31(23)39-17-37-27)15-19-7-1-3-9-21(19)29(33)30-22-10-4-2-8-20(22)16-26(34(30)42-43)24-12-6-14-28-32(24)40-18-38-28/h1-16H,17-18H2,(H,35,36). The summed E-state index contributed by atoms with van der Waals surface area (Å²) in [7, 11) is -4.73. The van der Waals surface area contributed by atoms with Gasteiger partial charge in [-0.25, -0.2) is 4.57 Å². The van der Waals surface area contributed by atoms with Crippen LogP contribution in [0.1, 0.15) is 0 Å². The summed E-state index contributed by atoms with van der Waals surface area (Å²) in [6, 6.07) is 30.8. The SMILES string of the molecule is O=P1(O)Oc2c(-c3cccc4c3OCO4)cc3ccccc3c2-c2c(c(-c3cccc4c3OCO4)cc3ccccc23)O1. The van der Waals surface area contributed by atoms with Crippen LogP contribution in [-0.4, -0.2) is 18.5 Å². The van der Waals surface area contributed by atoms with Crippen molar-refractivity contribution in [2.75, 3.05) is 13.6 Å². The Morgan fingerprint density at radius 3 is 1.47 bits per heavy atom. The molecule has 3 aliphatic rings. The molecular formula is C34H21O8P. The predicted octanol–water partition coefficient (Wildman–Crippen LogP) is 8.32. The van der Waals surface area contributed by atoms with Gasteiger partial charge in [0.25, 0.3) is 0 Å². The van der Waals surface area contributed by atoms with Gasteiger partial charge in [-0.2, -0.15) is 0 Å². The molecule has 0 bridgehead atoms. The zero-order chi connectivity index (χ0) is 28.7. The average Bonchev–Trinajstić information content (AvgIpc) is 3.68. The number of hydrogen-bond acceptors (Lipinski definition) is 7. The van der Waals surface area contributed by atoms with Gasteiger partial charge in [0.2, 0.25) is 13.6 Å². The van der Waals surface area contributed by atoms with E-state index in [2.05, 4.69) is 0 Å². The Bertz CT molecular complexity index is 2060. The third-order valence-electron chi connectivity index (χ3n) is 8.04. The van der Waals surface area contributed by atoms with E-state index in [1.807, 2.05) is 97.1 Å². The van der Waals surface area contributed by atoms with E-state index in [0.717, 1.165) is 21.5 Å². The average molecular weight is 589 g/mol. The molecule has 0 aromatic heterocycles. The summed E-state index contributed by atoms with van der Waals surface area (Å²) in [5.74, 6) is 2.68. The quantitative estimate of drug-likeness (QED) is 0.202. The summed E-state index contributed by atoms with van der Waals surface area (Å²) in [5, 5.41) is 3.48. The van der Waals surface area contributed by atoms with Crippen LogP contribution in [0.25, 0.3) is 54.9 Å². The fraction of sp³-hybridized carbons (Fsp3) is 0.0588. The van der Waals surface area contributed by atoms with Crippen LogP contribution in [0.3, 0.4) is 0 Å². The van der Waals surface area contributed by atoms with Crippen LogP contribution < -0.4 is 28.0 Å². The highest BCUT2D eigenvalue weighted by molar-refractivity contribution is 7.48. The lowest BCUT2D eigenvalue weighted by atomic mass is 9.86. The van der Waals surface area contributed by atoms with Crippen molar-refractivity contribution in [3.05, 3.63) is 97.1 Å². The monoisotopic (exact) mass is 588 g/mol. The first-order chi connectivity index (χ1) is 21.1. The van der Waals surface area contributed by atoms with Gasteiger partial charge < -0.3 is 28.0 Å². The van der Waals surface area contributed by atoms with Gasteiger partial charge >= 0.3 is 7.82 Å². The van der Waals surface area contributed by atoms with E-state index in [4.69, 9.17) is 28.0 Å². The second-order valence-corrected chi connectivity index (χ2v) is 11.7. The normalized spacial score (nSPS) is 15.4. The summed E-state index contributed by atoms with van der Waals surface area (Å²) in [6.07, 6.45) is 0. The number of phosphoric ester groups is 1. The van der Waals surface area contributed by atoms with E-state index >= 15 is 0 Å². The summed E-state index contributed by atoms with van der Waals surface area (Å²) in [4.78, 5) is 11.3. The summed E-state index contributed by atoms with van der Waals surface area (Å²) in [5.41, 5.74) is 3.77. The fourth-order valence-corrected chi connectivity index (χ4v) is 7.16. The number of rotatable bonds is 2. The van der Waals surface area contributed by atoms with Crippen molar-refractivity contribution >= 4 is 29.4 Å². The zero-order valence-electron chi connectivity index (χ0n) is 22.4. The van der Waals surface area contributed by atoms with Crippen LogP contribution in [-0.2, 0) is 4.57 Å². The second kappa shape index (κ2) is 8.91. The molecule has 9 heteroatoms. The molecule has 0 spiro atoms. The number of benzene rings is 6. The van der Waals surface area contributed by atoms with E-state index in [1.54, 1.807) is 0 Å². The first kappa shape index (κ1) is 24.4. The molecule has 3 aliphatic heterocycles. The van der Waals surface area contributed by atoms with Gasteiger partial charge in [-0.1, -0.05) is 72.8 Å². The highest BCUT2D eigenvalue weighted by Gasteiger charge is 2.39. The van der Waals surface area contributed by atoms with Crippen molar-refractivity contribution in [1.29, 1.82) is 0 Å². The molecule has 0 fully saturated rings. The number of fused-ring (bicyclic) bond motifs is 9. The summed E-state index contributed by atoms with van der Waals surface area (Å²) >= 11 is 0. The Morgan fingerprint density at radius 1 is 0.512 bits per heavy atom. The van der Waals surface area contributed by atoms with Crippen molar-refractivity contribution in [2.45, 2.75) is 0 Å². The highest BCUT2D eigenvalue weighted by Crippen LogP contribution is 2.63. The minimum absolute atomic E-state index is 0.0780. The topological polar surface area (TPSA) is 92.7 Å². The van der Waals surface area contributed by atoms with Crippen molar-refractivity contribution in [1.82, 2.24) is 0 Å². The minimum Gasteiger partial charge on any atom is -0.454 e.